The van der Waals surface area contributed by atoms with Crippen LogP contribution in [0.15, 0.2) is 36.9 Å². The highest BCUT2D eigenvalue weighted by molar-refractivity contribution is 6.33. The quantitative estimate of drug-likeness (QED) is 0.939. The molecule has 1 aromatic carbocycles. The highest BCUT2D eigenvalue weighted by atomic mass is 35.5. The third kappa shape index (κ3) is 3.22. The number of benzene rings is 1. The van der Waals surface area contributed by atoms with Crippen molar-refractivity contribution in [2.24, 2.45) is 0 Å². The van der Waals surface area contributed by atoms with E-state index in [2.05, 4.69) is 28.3 Å². The predicted molar refractivity (Wildman–Crippen MR) is 87.3 cm³/mol. The normalized spacial score (nSPS) is 19.6. The van der Waals surface area contributed by atoms with Crippen molar-refractivity contribution < 1.29 is 0 Å². The summed E-state index contributed by atoms with van der Waals surface area (Å²) in [6, 6.07) is 6.56. The molecule has 1 aromatic heterocycles. The van der Waals surface area contributed by atoms with Gasteiger partial charge in [0, 0.05) is 25.0 Å². The van der Waals surface area contributed by atoms with Crippen molar-refractivity contribution in [1.82, 2.24) is 14.5 Å². The average Bonchev–Trinajstić information content (AvgIpc) is 3.00. The van der Waals surface area contributed by atoms with E-state index in [9.17, 15) is 0 Å². The Morgan fingerprint density at radius 3 is 3.05 bits per heavy atom. The molecule has 1 aliphatic heterocycles. The van der Waals surface area contributed by atoms with Gasteiger partial charge in [-0.05, 0) is 38.6 Å². The molecular formula is C16H21ClN4. The molecule has 112 valence electrons. The molecule has 1 saturated heterocycles. The van der Waals surface area contributed by atoms with Crippen LogP contribution in [0.3, 0.4) is 0 Å². The molecule has 1 N–H and O–H groups in total. The Morgan fingerprint density at radius 2 is 2.29 bits per heavy atom. The SMILES string of the molecule is CN1CCCCC1CNc1cccc(Cl)c1-n1ccnc1. The monoisotopic (exact) mass is 304 g/mol. The molecule has 2 aromatic rings. The maximum absolute atomic E-state index is 6.37. The molecule has 0 spiro atoms. The lowest BCUT2D eigenvalue weighted by molar-refractivity contribution is 0.194. The number of nitrogens with zero attached hydrogens (tertiary/aromatic N) is 3. The number of halogens is 1. The number of anilines is 1. The van der Waals surface area contributed by atoms with Crippen LogP contribution in [-0.2, 0) is 0 Å². The standard InChI is InChI=1S/C16H21ClN4/c1-20-9-3-2-5-13(20)11-19-15-7-4-6-14(17)16(15)21-10-8-18-12-21/h4,6-8,10,12-13,19H,2-3,5,9,11H2,1H3. The maximum atomic E-state index is 6.37. The molecule has 3 rings (SSSR count). The van der Waals surface area contributed by atoms with Crippen LogP contribution in [0.25, 0.3) is 5.69 Å². The minimum atomic E-state index is 0.591. The summed E-state index contributed by atoms with van der Waals surface area (Å²) in [6.07, 6.45) is 9.34. The Balaban J connectivity index is 1.78. The summed E-state index contributed by atoms with van der Waals surface area (Å²) in [5.41, 5.74) is 2.02. The van der Waals surface area contributed by atoms with E-state index in [4.69, 9.17) is 11.6 Å². The summed E-state index contributed by atoms with van der Waals surface area (Å²) in [6.45, 7) is 2.13. The first-order valence-electron chi connectivity index (χ1n) is 7.46. The van der Waals surface area contributed by atoms with Gasteiger partial charge in [-0.25, -0.2) is 4.98 Å². The zero-order valence-electron chi connectivity index (χ0n) is 12.3. The highest BCUT2D eigenvalue weighted by Crippen LogP contribution is 2.28. The molecule has 1 fully saturated rings. The topological polar surface area (TPSA) is 33.1 Å². The Morgan fingerprint density at radius 1 is 1.38 bits per heavy atom. The molecule has 0 amide bonds. The van der Waals surface area contributed by atoms with Crippen molar-refractivity contribution in [3.8, 4) is 5.69 Å². The largest absolute Gasteiger partial charge is 0.382 e. The van der Waals surface area contributed by atoms with Crippen LogP contribution in [0.1, 0.15) is 19.3 Å². The van der Waals surface area contributed by atoms with Crippen LogP contribution in [-0.4, -0.2) is 40.6 Å². The molecule has 1 atom stereocenters. The fourth-order valence-corrected chi connectivity index (χ4v) is 3.21. The van der Waals surface area contributed by atoms with Gasteiger partial charge in [-0.15, -0.1) is 0 Å². The number of likely N-dealkylation sites (N-methyl/N-ethyl adjacent to an activating group) is 1. The summed E-state index contributed by atoms with van der Waals surface area (Å²) in [5, 5.41) is 4.30. The average molecular weight is 305 g/mol. The van der Waals surface area contributed by atoms with Gasteiger partial charge in [-0.2, -0.15) is 0 Å². The second-order valence-electron chi connectivity index (χ2n) is 5.62. The fourth-order valence-electron chi connectivity index (χ4n) is 2.94. The second kappa shape index (κ2) is 6.50. The minimum absolute atomic E-state index is 0.591. The van der Waals surface area contributed by atoms with E-state index in [1.165, 1.54) is 25.8 Å². The van der Waals surface area contributed by atoms with Gasteiger partial charge in [0.1, 0.15) is 0 Å². The molecule has 0 bridgehead atoms. The Bertz CT molecular complexity index is 582. The predicted octanol–water partition coefficient (Wildman–Crippen LogP) is 3.42. The zero-order chi connectivity index (χ0) is 14.7. The van der Waals surface area contributed by atoms with Crippen LogP contribution in [0.4, 0.5) is 5.69 Å². The first-order valence-corrected chi connectivity index (χ1v) is 7.84. The van der Waals surface area contributed by atoms with Crippen molar-refractivity contribution in [3.05, 3.63) is 41.9 Å². The van der Waals surface area contributed by atoms with Crippen LogP contribution in [0, 0.1) is 0 Å². The number of rotatable bonds is 4. The molecule has 5 heteroatoms. The number of nitrogens with one attached hydrogen (secondary N) is 1. The molecule has 1 aliphatic rings. The number of hydrogen-bond donors (Lipinski definition) is 1. The van der Waals surface area contributed by atoms with Gasteiger partial charge in [0.25, 0.3) is 0 Å². The third-order valence-electron chi connectivity index (χ3n) is 4.20. The number of likely N-dealkylation sites (tertiary alicyclic amines) is 1. The number of hydrogen-bond acceptors (Lipinski definition) is 3. The minimum Gasteiger partial charge on any atom is -0.382 e. The van der Waals surface area contributed by atoms with E-state index in [0.717, 1.165) is 22.9 Å². The van der Waals surface area contributed by atoms with Crippen molar-refractivity contribution >= 4 is 17.3 Å². The molecule has 2 heterocycles. The zero-order valence-corrected chi connectivity index (χ0v) is 13.1. The van der Waals surface area contributed by atoms with E-state index >= 15 is 0 Å². The molecule has 4 nitrogen and oxygen atoms in total. The molecule has 0 radical (unpaired) electrons. The van der Waals surface area contributed by atoms with E-state index in [1.807, 2.05) is 22.9 Å². The van der Waals surface area contributed by atoms with Crippen LogP contribution in [0.5, 0.6) is 0 Å². The molecule has 0 saturated carbocycles. The van der Waals surface area contributed by atoms with Gasteiger partial charge in [0.05, 0.1) is 22.7 Å². The maximum Gasteiger partial charge on any atom is 0.0992 e. The van der Waals surface area contributed by atoms with Gasteiger partial charge in [0.2, 0.25) is 0 Å². The summed E-state index contributed by atoms with van der Waals surface area (Å²) in [4.78, 5) is 6.55. The lowest BCUT2D eigenvalue weighted by Gasteiger charge is -2.33. The van der Waals surface area contributed by atoms with Crippen molar-refractivity contribution in [2.45, 2.75) is 25.3 Å². The summed E-state index contributed by atoms with van der Waals surface area (Å²) in [7, 11) is 2.21. The van der Waals surface area contributed by atoms with Gasteiger partial charge < -0.3 is 14.8 Å². The first-order chi connectivity index (χ1) is 10.3. The van der Waals surface area contributed by atoms with Crippen molar-refractivity contribution in [1.29, 1.82) is 0 Å². The van der Waals surface area contributed by atoms with Crippen LogP contribution >= 0.6 is 11.6 Å². The molecule has 0 aliphatic carbocycles. The third-order valence-corrected chi connectivity index (χ3v) is 4.50. The summed E-state index contributed by atoms with van der Waals surface area (Å²) in [5.74, 6) is 0. The smallest absolute Gasteiger partial charge is 0.0992 e. The van der Waals surface area contributed by atoms with Crippen molar-refractivity contribution in [3.63, 3.8) is 0 Å². The summed E-state index contributed by atoms with van der Waals surface area (Å²) >= 11 is 6.37. The Labute approximate surface area is 130 Å². The van der Waals surface area contributed by atoms with Crippen LogP contribution in [0.2, 0.25) is 5.02 Å². The van der Waals surface area contributed by atoms with Crippen molar-refractivity contribution in [2.75, 3.05) is 25.5 Å². The molecule has 1 unspecified atom stereocenters. The van der Waals surface area contributed by atoms with E-state index in [0.29, 0.717) is 6.04 Å². The number of piperidine rings is 1. The number of para-hydroxylation sites is 1. The number of imidazole rings is 1. The van der Waals surface area contributed by atoms with E-state index < -0.39 is 0 Å². The highest BCUT2D eigenvalue weighted by Gasteiger charge is 2.19. The van der Waals surface area contributed by atoms with E-state index in [1.54, 1.807) is 12.5 Å². The first kappa shape index (κ1) is 14.4. The summed E-state index contributed by atoms with van der Waals surface area (Å²) < 4.78 is 1.95. The lowest BCUT2D eigenvalue weighted by atomic mass is 10.0. The van der Waals surface area contributed by atoms with E-state index in [-0.39, 0.29) is 0 Å². The molecule has 21 heavy (non-hydrogen) atoms. The Hall–Kier alpha value is -1.52. The lowest BCUT2D eigenvalue weighted by Crippen LogP contribution is -2.40. The van der Waals surface area contributed by atoms with Gasteiger partial charge >= 0.3 is 0 Å². The van der Waals surface area contributed by atoms with Gasteiger partial charge in [-0.3, -0.25) is 0 Å². The Kier molecular flexibility index (Phi) is 4.46. The fraction of sp³-hybridized carbons (Fsp3) is 0.438. The second-order valence-corrected chi connectivity index (χ2v) is 6.02. The van der Waals surface area contributed by atoms with Crippen LogP contribution < -0.4 is 5.32 Å². The number of aromatic nitrogens is 2. The molecular weight excluding hydrogens is 284 g/mol. The van der Waals surface area contributed by atoms with Gasteiger partial charge in [-0.1, -0.05) is 24.1 Å². The van der Waals surface area contributed by atoms with Gasteiger partial charge in [0.15, 0.2) is 0 Å².